The second-order valence-corrected chi connectivity index (χ2v) is 4.62. The lowest BCUT2D eigenvalue weighted by Gasteiger charge is -2.34. The molecule has 0 radical (unpaired) electrons. The predicted molar refractivity (Wildman–Crippen MR) is 74.9 cm³/mol. The van der Waals surface area contributed by atoms with Crippen LogP contribution in [0.5, 0.6) is 0 Å². The Labute approximate surface area is 114 Å². The van der Waals surface area contributed by atoms with Crippen molar-refractivity contribution in [3.05, 3.63) is 30.1 Å². The molecule has 1 saturated heterocycles. The van der Waals surface area contributed by atoms with E-state index in [0.717, 1.165) is 44.1 Å². The third kappa shape index (κ3) is 3.30. The summed E-state index contributed by atoms with van der Waals surface area (Å²) in [7, 11) is 0. The van der Waals surface area contributed by atoms with Gasteiger partial charge in [-0.3, -0.25) is 4.79 Å². The Morgan fingerprint density at radius 2 is 1.89 bits per heavy atom. The van der Waals surface area contributed by atoms with Gasteiger partial charge in [-0.15, -0.1) is 0 Å². The normalized spacial score (nSPS) is 16.6. The summed E-state index contributed by atoms with van der Waals surface area (Å²) < 4.78 is 0. The first-order valence-corrected chi connectivity index (χ1v) is 6.70. The molecule has 0 unspecified atom stereocenters. The first-order valence-electron chi connectivity index (χ1n) is 6.70. The molecule has 0 N–H and O–H groups in total. The van der Waals surface area contributed by atoms with Gasteiger partial charge < -0.3 is 9.80 Å². The van der Waals surface area contributed by atoms with Crippen LogP contribution in [0.1, 0.15) is 20.3 Å². The van der Waals surface area contributed by atoms with Crippen molar-refractivity contribution in [1.29, 1.82) is 0 Å². The molecule has 1 aromatic rings. The minimum Gasteiger partial charge on any atom is -0.337 e. The van der Waals surface area contributed by atoms with Gasteiger partial charge in [-0.1, -0.05) is 13.0 Å². The van der Waals surface area contributed by atoms with Crippen molar-refractivity contribution in [3.8, 4) is 0 Å². The molecule has 1 aliphatic heterocycles. The molecule has 5 heteroatoms. The van der Waals surface area contributed by atoms with Crippen molar-refractivity contribution in [2.75, 3.05) is 31.1 Å². The minimum atomic E-state index is 0.149. The smallest absolute Gasteiger partial charge is 0.249 e. The molecule has 0 saturated carbocycles. The maximum absolute atomic E-state index is 12.1. The van der Waals surface area contributed by atoms with E-state index in [0.29, 0.717) is 0 Å². The maximum atomic E-state index is 12.1. The summed E-state index contributed by atoms with van der Waals surface area (Å²) in [6.07, 6.45) is 6.37. The molecule has 1 aromatic heterocycles. The van der Waals surface area contributed by atoms with E-state index in [-0.39, 0.29) is 5.91 Å². The maximum Gasteiger partial charge on any atom is 0.249 e. The highest BCUT2D eigenvalue weighted by Crippen LogP contribution is 2.11. The molecule has 2 heterocycles. The van der Waals surface area contributed by atoms with E-state index in [1.807, 2.05) is 30.9 Å². The van der Waals surface area contributed by atoms with E-state index < -0.39 is 0 Å². The highest BCUT2D eigenvalue weighted by Gasteiger charge is 2.22. The molecule has 0 spiro atoms. The van der Waals surface area contributed by atoms with Gasteiger partial charge in [-0.25, -0.2) is 9.97 Å². The van der Waals surface area contributed by atoms with Crippen molar-refractivity contribution in [2.24, 2.45) is 0 Å². The molecule has 2 rings (SSSR count). The summed E-state index contributed by atoms with van der Waals surface area (Å²) in [6.45, 7) is 6.96. The zero-order valence-electron chi connectivity index (χ0n) is 11.5. The van der Waals surface area contributed by atoms with Crippen molar-refractivity contribution in [1.82, 2.24) is 14.9 Å². The standard InChI is InChI=1S/C14H20N4O/c1-3-5-12(2)13(19)17-8-10-18(11-9-17)14-15-6-4-7-16-14/h4-7H,3,8-11H2,1-2H3. The van der Waals surface area contributed by atoms with Crippen LogP contribution in [0.15, 0.2) is 30.1 Å². The van der Waals surface area contributed by atoms with Crippen LogP contribution in [0.2, 0.25) is 0 Å². The van der Waals surface area contributed by atoms with Gasteiger partial charge in [-0.2, -0.15) is 0 Å². The predicted octanol–water partition coefficient (Wildman–Crippen LogP) is 1.48. The molecule has 0 atom stereocenters. The van der Waals surface area contributed by atoms with E-state index in [1.54, 1.807) is 12.4 Å². The Hall–Kier alpha value is -1.91. The number of amides is 1. The number of hydrogen-bond donors (Lipinski definition) is 0. The quantitative estimate of drug-likeness (QED) is 0.772. The fourth-order valence-corrected chi connectivity index (χ4v) is 2.21. The second kappa shape index (κ2) is 6.31. The summed E-state index contributed by atoms with van der Waals surface area (Å²) in [6, 6.07) is 1.81. The number of hydrogen-bond acceptors (Lipinski definition) is 4. The zero-order chi connectivity index (χ0) is 13.7. The molecule has 19 heavy (non-hydrogen) atoms. The lowest BCUT2D eigenvalue weighted by molar-refractivity contribution is -0.127. The summed E-state index contributed by atoms with van der Waals surface area (Å²) >= 11 is 0. The average Bonchev–Trinajstić information content (AvgIpc) is 2.48. The monoisotopic (exact) mass is 260 g/mol. The second-order valence-electron chi connectivity index (χ2n) is 4.62. The Bertz CT molecular complexity index is 450. The number of aromatic nitrogens is 2. The topological polar surface area (TPSA) is 49.3 Å². The van der Waals surface area contributed by atoms with Gasteiger partial charge in [0.2, 0.25) is 11.9 Å². The molecule has 5 nitrogen and oxygen atoms in total. The van der Waals surface area contributed by atoms with Crippen LogP contribution >= 0.6 is 0 Å². The van der Waals surface area contributed by atoms with E-state index in [4.69, 9.17) is 0 Å². The van der Waals surface area contributed by atoms with Crippen LogP contribution in [0.25, 0.3) is 0 Å². The van der Waals surface area contributed by atoms with Crippen LogP contribution in [0, 0.1) is 0 Å². The van der Waals surface area contributed by atoms with E-state index in [1.165, 1.54) is 0 Å². The fraction of sp³-hybridized carbons (Fsp3) is 0.500. The van der Waals surface area contributed by atoms with E-state index >= 15 is 0 Å². The lowest BCUT2D eigenvalue weighted by Crippen LogP contribution is -2.49. The highest BCUT2D eigenvalue weighted by molar-refractivity contribution is 5.92. The molecule has 0 aromatic carbocycles. The van der Waals surface area contributed by atoms with Gasteiger partial charge in [0.05, 0.1) is 0 Å². The van der Waals surface area contributed by atoms with E-state index in [9.17, 15) is 4.79 Å². The third-order valence-electron chi connectivity index (χ3n) is 3.25. The number of anilines is 1. The van der Waals surface area contributed by atoms with Gasteiger partial charge in [0.15, 0.2) is 0 Å². The number of piperazine rings is 1. The van der Waals surface area contributed by atoms with Crippen molar-refractivity contribution >= 4 is 11.9 Å². The molecule has 1 fully saturated rings. The summed E-state index contributed by atoms with van der Waals surface area (Å²) in [5, 5.41) is 0. The van der Waals surface area contributed by atoms with Crippen LogP contribution < -0.4 is 4.90 Å². The zero-order valence-corrected chi connectivity index (χ0v) is 11.5. The summed E-state index contributed by atoms with van der Waals surface area (Å²) in [5.41, 5.74) is 0.840. The van der Waals surface area contributed by atoms with Gasteiger partial charge >= 0.3 is 0 Å². The van der Waals surface area contributed by atoms with Crippen LogP contribution in [-0.4, -0.2) is 47.0 Å². The van der Waals surface area contributed by atoms with Crippen molar-refractivity contribution in [3.63, 3.8) is 0 Å². The Kier molecular flexibility index (Phi) is 4.49. The Morgan fingerprint density at radius 3 is 2.47 bits per heavy atom. The van der Waals surface area contributed by atoms with Gasteiger partial charge in [0, 0.05) is 44.1 Å². The van der Waals surface area contributed by atoms with Gasteiger partial charge in [0.25, 0.3) is 0 Å². The van der Waals surface area contributed by atoms with Gasteiger partial charge in [0.1, 0.15) is 0 Å². The van der Waals surface area contributed by atoms with Crippen molar-refractivity contribution in [2.45, 2.75) is 20.3 Å². The number of rotatable bonds is 3. The summed E-state index contributed by atoms with van der Waals surface area (Å²) in [4.78, 5) is 24.6. The Balaban J connectivity index is 1.93. The van der Waals surface area contributed by atoms with Crippen LogP contribution in [-0.2, 0) is 4.79 Å². The van der Waals surface area contributed by atoms with Crippen LogP contribution in [0.3, 0.4) is 0 Å². The first-order chi connectivity index (χ1) is 9.22. The van der Waals surface area contributed by atoms with Crippen LogP contribution in [0.4, 0.5) is 5.95 Å². The van der Waals surface area contributed by atoms with E-state index in [2.05, 4.69) is 14.9 Å². The van der Waals surface area contributed by atoms with Gasteiger partial charge in [-0.05, 0) is 19.4 Å². The third-order valence-corrected chi connectivity index (χ3v) is 3.25. The SMILES string of the molecule is CCC=C(C)C(=O)N1CCN(c2ncccn2)CC1. The molecule has 0 bridgehead atoms. The number of carbonyl (C=O) groups is 1. The Morgan fingerprint density at radius 1 is 1.26 bits per heavy atom. The molecule has 1 aliphatic rings. The average molecular weight is 260 g/mol. The molecular weight excluding hydrogens is 240 g/mol. The van der Waals surface area contributed by atoms with Crippen molar-refractivity contribution < 1.29 is 4.79 Å². The minimum absolute atomic E-state index is 0.149. The summed E-state index contributed by atoms with van der Waals surface area (Å²) in [5.74, 6) is 0.894. The largest absolute Gasteiger partial charge is 0.337 e. The highest BCUT2D eigenvalue weighted by atomic mass is 16.2. The lowest BCUT2D eigenvalue weighted by atomic mass is 10.2. The number of allylic oxidation sites excluding steroid dienone is 1. The fourth-order valence-electron chi connectivity index (χ4n) is 2.21. The number of carbonyl (C=O) groups excluding carboxylic acids is 1. The number of nitrogens with zero attached hydrogens (tertiary/aromatic N) is 4. The molecular formula is C14H20N4O. The molecule has 0 aliphatic carbocycles. The first kappa shape index (κ1) is 13.5. The molecule has 1 amide bonds. The molecule has 102 valence electrons.